The zero-order valence-electron chi connectivity index (χ0n) is 15.6. The molecule has 27 heavy (non-hydrogen) atoms. The first kappa shape index (κ1) is 22.0. The molecule has 7 heteroatoms. The lowest BCUT2D eigenvalue weighted by Crippen LogP contribution is -2.42. The van der Waals surface area contributed by atoms with Gasteiger partial charge < -0.3 is 19.9 Å². The Labute approximate surface area is 172 Å². The van der Waals surface area contributed by atoms with E-state index >= 15 is 0 Å². The number of hydrogen-bond donors (Lipinski definition) is 2. The molecule has 2 N–H and O–H groups in total. The van der Waals surface area contributed by atoms with Gasteiger partial charge in [-0.2, -0.15) is 0 Å². The predicted octanol–water partition coefficient (Wildman–Crippen LogP) is 5.08. The molecule has 0 aliphatic rings. The van der Waals surface area contributed by atoms with E-state index < -0.39 is 11.4 Å². The summed E-state index contributed by atoms with van der Waals surface area (Å²) >= 11 is 9.57. The molecule has 0 heterocycles. The van der Waals surface area contributed by atoms with Crippen molar-refractivity contribution in [2.24, 2.45) is 0 Å². The van der Waals surface area contributed by atoms with E-state index in [1.165, 1.54) is 6.07 Å². The van der Waals surface area contributed by atoms with Crippen LogP contribution in [0.25, 0.3) is 0 Å². The van der Waals surface area contributed by atoms with Crippen molar-refractivity contribution in [3.63, 3.8) is 0 Å². The molecule has 0 radical (unpaired) electrons. The lowest BCUT2D eigenvalue weighted by Gasteiger charge is -2.24. The number of aliphatic hydroxyl groups excluding tert-OH is 1. The summed E-state index contributed by atoms with van der Waals surface area (Å²) in [7, 11) is 0. The second-order valence-electron chi connectivity index (χ2n) is 6.72. The Morgan fingerprint density at radius 1 is 1.26 bits per heavy atom. The highest BCUT2D eigenvalue weighted by Crippen LogP contribution is 2.38. The molecule has 148 valence electrons. The molecule has 0 atom stereocenters. The number of halogens is 3. The number of ether oxygens (including phenoxy) is 2. The SMILES string of the molecule is CCOc1cc(CNC(C)(C)CO)cc(Br)c1OCc1c(F)cccc1Cl. The van der Waals surface area contributed by atoms with Crippen LogP contribution in [0.5, 0.6) is 11.5 Å². The van der Waals surface area contributed by atoms with Crippen molar-refractivity contribution >= 4 is 27.5 Å². The molecule has 4 nitrogen and oxygen atoms in total. The summed E-state index contributed by atoms with van der Waals surface area (Å²) in [6, 6.07) is 8.30. The minimum Gasteiger partial charge on any atom is -0.490 e. The summed E-state index contributed by atoms with van der Waals surface area (Å²) in [6.45, 7) is 6.73. The molecule has 2 aromatic rings. The highest BCUT2D eigenvalue weighted by Gasteiger charge is 2.18. The van der Waals surface area contributed by atoms with Gasteiger partial charge in [-0.15, -0.1) is 0 Å². The van der Waals surface area contributed by atoms with Gasteiger partial charge in [0, 0.05) is 17.6 Å². The molecular formula is C20H24BrClFNO3. The van der Waals surface area contributed by atoms with Crippen LogP contribution in [0.3, 0.4) is 0 Å². The summed E-state index contributed by atoms with van der Waals surface area (Å²) in [5, 5.41) is 13.0. The lowest BCUT2D eigenvalue weighted by molar-refractivity contribution is 0.187. The second kappa shape index (κ2) is 9.73. The van der Waals surface area contributed by atoms with Gasteiger partial charge in [-0.25, -0.2) is 4.39 Å². The third-order valence-corrected chi connectivity index (χ3v) is 4.90. The Hall–Kier alpha value is -1.34. The average molecular weight is 461 g/mol. The Kier molecular flexibility index (Phi) is 7.91. The fourth-order valence-corrected chi connectivity index (χ4v) is 3.16. The summed E-state index contributed by atoms with van der Waals surface area (Å²) in [5.74, 6) is 0.628. The molecule has 0 aromatic heterocycles. The quantitative estimate of drug-likeness (QED) is 0.548. The van der Waals surface area contributed by atoms with E-state index in [-0.39, 0.29) is 13.2 Å². The third-order valence-electron chi connectivity index (χ3n) is 3.96. The van der Waals surface area contributed by atoms with Crippen LogP contribution in [0, 0.1) is 5.82 Å². The van der Waals surface area contributed by atoms with Crippen molar-refractivity contribution in [2.45, 2.75) is 39.5 Å². The van der Waals surface area contributed by atoms with Gasteiger partial charge >= 0.3 is 0 Å². The smallest absolute Gasteiger partial charge is 0.175 e. The molecule has 2 rings (SSSR count). The van der Waals surface area contributed by atoms with Gasteiger partial charge in [0.15, 0.2) is 11.5 Å². The Balaban J connectivity index is 2.22. The van der Waals surface area contributed by atoms with Crippen LogP contribution in [-0.2, 0) is 13.2 Å². The van der Waals surface area contributed by atoms with E-state index in [4.69, 9.17) is 21.1 Å². The molecule has 0 aliphatic carbocycles. The summed E-state index contributed by atoms with van der Waals surface area (Å²) < 4.78 is 26.2. The fourth-order valence-electron chi connectivity index (χ4n) is 2.34. The standard InChI is InChI=1S/C20H24BrClFNO3/c1-4-26-18-9-13(10-24-20(2,3)12-25)8-15(21)19(18)27-11-14-16(22)6-5-7-17(14)23/h5-9,24-25H,4,10-12H2,1-3H3. The van der Waals surface area contributed by atoms with Gasteiger partial charge in [0.25, 0.3) is 0 Å². The molecule has 0 fully saturated rings. The van der Waals surface area contributed by atoms with E-state index in [2.05, 4.69) is 21.2 Å². The fraction of sp³-hybridized carbons (Fsp3) is 0.400. The topological polar surface area (TPSA) is 50.7 Å². The number of aliphatic hydroxyl groups is 1. The zero-order chi connectivity index (χ0) is 20.0. The molecule has 0 saturated heterocycles. The van der Waals surface area contributed by atoms with Crippen molar-refractivity contribution in [1.29, 1.82) is 0 Å². The monoisotopic (exact) mass is 459 g/mol. The first-order valence-electron chi connectivity index (χ1n) is 8.64. The number of hydrogen-bond acceptors (Lipinski definition) is 4. The van der Waals surface area contributed by atoms with Crippen LogP contribution in [0.1, 0.15) is 31.9 Å². The normalized spacial score (nSPS) is 11.5. The van der Waals surface area contributed by atoms with Crippen molar-refractivity contribution in [2.75, 3.05) is 13.2 Å². The van der Waals surface area contributed by atoms with Gasteiger partial charge in [0.2, 0.25) is 0 Å². The minimum atomic E-state index is -0.413. The summed E-state index contributed by atoms with van der Waals surface area (Å²) in [5.41, 5.74) is 0.863. The van der Waals surface area contributed by atoms with Crippen LogP contribution in [0.4, 0.5) is 4.39 Å². The first-order valence-corrected chi connectivity index (χ1v) is 9.81. The highest BCUT2D eigenvalue weighted by molar-refractivity contribution is 9.10. The van der Waals surface area contributed by atoms with E-state index in [0.717, 1.165) is 5.56 Å². The van der Waals surface area contributed by atoms with Crippen molar-refractivity contribution < 1.29 is 19.0 Å². The molecule has 0 amide bonds. The molecule has 0 unspecified atom stereocenters. The predicted molar refractivity (Wildman–Crippen MR) is 109 cm³/mol. The summed E-state index contributed by atoms with van der Waals surface area (Å²) in [6.07, 6.45) is 0. The van der Waals surface area contributed by atoms with Crippen LogP contribution in [-0.4, -0.2) is 23.9 Å². The maximum atomic E-state index is 14.0. The lowest BCUT2D eigenvalue weighted by atomic mass is 10.1. The van der Waals surface area contributed by atoms with Gasteiger partial charge in [-0.3, -0.25) is 0 Å². The molecule has 0 saturated carbocycles. The number of benzene rings is 2. The molecule has 0 bridgehead atoms. The molecule has 0 aliphatic heterocycles. The van der Waals surface area contributed by atoms with E-state index in [1.807, 2.05) is 32.9 Å². The number of rotatable bonds is 9. The maximum absolute atomic E-state index is 14.0. The molecule has 2 aromatic carbocycles. The molecule has 0 spiro atoms. The second-order valence-corrected chi connectivity index (χ2v) is 7.98. The van der Waals surface area contributed by atoms with Crippen molar-refractivity contribution in [3.8, 4) is 11.5 Å². The summed E-state index contributed by atoms with van der Waals surface area (Å²) in [4.78, 5) is 0. The molecular weight excluding hydrogens is 437 g/mol. The highest BCUT2D eigenvalue weighted by atomic mass is 79.9. The van der Waals surface area contributed by atoms with Crippen LogP contribution in [0.2, 0.25) is 5.02 Å². The average Bonchev–Trinajstić information content (AvgIpc) is 2.61. The van der Waals surface area contributed by atoms with Gasteiger partial charge in [-0.1, -0.05) is 17.7 Å². The third kappa shape index (κ3) is 6.07. The minimum absolute atomic E-state index is 0.0146. The van der Waals surface area contributed by atoms with E-state index in [1.54, 1.807) is 12.1 Å². The van der Waals surface area contributed by atoms with Gasteiger partial charge in [0.1, 0.15) is 12.4 Å². The number of nitrogens with one attached hydrogen (secondary N) is 1. The maximum Gasteiger partial charge on any atom is 0.175 e. The van der Waals surface area contributed by atoms with Crippen LogP contribution in [0.15, 0.2) is 34.8 Å². The van der Waals surface area contributed by atoms with E-state index in [0.29, 0.717) is 39.7 Å². The van der Waals surface area contributed by atoms with E-state index in [9.17, 15) is 9.50 Å². The largest absolute Gasteiger partial charge is 0.490 e. The Bertz CT molecular complexity index is 766. The van der Waals surface area contributed by atoms with Crippen LogP contribution < -0.4 is 14.8 Å². The first-order chi connectivity index (χ1) is 12.8. The van der Waals surface area contributed by atoms with Gasteiger partial charge in [-0.05, 0) is 66.5 Å². The van der Waals surface area contributed by atoms with Crippen molar-refractivity contribution in [1.82, 2.24) is 5.32 Å². The van der Waals surface area contributed by atoms with Crippen molar-refractivity contribution in [3.05, 3.63) is 56.8 Å². The van der Waals surface area contributed by atoms with Crippen LogP contribution >= 0.6 is 27.5 Å². The Morgan fingerprint density at radius 2 is 2.00 bits per heavy atom. The zero-order valence-corrected chi connectivity index (χ0v) is 18.0. The Morgan fingerprint density at radius 3 is 2.63 bits per heavy atom. The van der Waals surface area contributed by atoms with Gasteiger partial charge in [0.05, 0.1) is 22.7 Å².